The van der Waals surface area contributed by atoms with Crippen LogP contribution in [0.2, 0.25) is 0 Å². The van der Waals surface area contributed by atoms with Gasteiger partial charge in [0.1, 0.15) is 11.3 Å². The molecule has 114 valence electrons. The highest BCUT2D eigenvalue weighted by molar-refractivity contribution is 8.00. The summed E-state index contributed by atoms with van der Waals surface area (Å²) in [6.45, 7) is 3.81. The number of aliphatic imine (C=N–C) groups is 1. The molecule has 0 atom stereocenters. The normalized spacial score (nSPS) is 13.7. The second-order valence-corrected chi connectivity index (χ2v) is 6.69. The third-order valence-corrected chi connectivity index (χ3v) is 5.07. The number of para-hydroxylation sites is 1. The highest BCUT2D eigenvalue weighted by Crippen LogP contribution is 2.35. The van der Waals surface area contributed by atoms with Crippen LogP contribution in [0, 0.1) is 13.8 Å². The predicted molar refractivity (Wildman–Crippen MR) is 95.3 cm³/mol. The monoisotopic (exact) mass is 321 g/mol. The molecule has 0 saturated carbocycles. The lowest BCUT2D eigenvalue weighted by Gasteiger charge is -2.16. The summed E-state index contributed by atoms with van der Waals surface area (Å²) in [5, 5.41) is 0.622. The quantitative estimate of drug-likeness (QED) is 0.656. The fraction of sp³-hybridized carbons (Fsp3) is 0.158. The summed E-state index contributed by atoms with van der Waals surface area (Å²) < 4.78 is 5.88. The number of hydrogen-bond acceptors (Lipinski definition) is 4. The Morgan fingerprint density at radius 1 is 1.13 bits per heavy atom. The van der Waals surface area contributed by atoms with Crippen LogP contribution in [0.5, 0.6) is 0 Å². The number of nitrogens with zero attached hydrogens (tertiary/aromatic N) is 1. The van der Waals surface area contributed by atoms with E-state index in [4.69, 9.17) is 9.41 Å². The molecule has 4 rings (SSSR count). The fourth-order valence-corrected chi connectivity index (χ4v) is 3.82. The first-order valence-electron chi connectivity index (χ1n) is 7.47. The molecule has 0 bridgehead atoms. The number of rotatable bonds is 1. The van der Waals surface area contributed by atoms with Crippen LogP contribution in [0.4, 0.5) is 5.69 Å². The molecule has 4 heteroatoms. The van der Waals surface area contributed by atoms with Gasteiger partial charge in [-0.2, -0.15) is 0 Å². The average molecular weight is 321 g/mol. The molecule has 0 fully saturated rings. The van der Waals surface area contributed by atoms with E-state index < -0.39 is 0 Å². The molecule has 2 aromatic carbocycles. The fourth-order valence-electron chi connectivity index (χ4n) is 2.88. The zero-order chi connectivity index (χ0) is 16.0. The zero-order valence-electron chi connectivity index (χ0n) is 12.9. The van der Waals surface area contributed by atoms with Crippen molar-refractivity contribution in [2.45, 2.75) is 18.7 Å². The van der Waals surface area contributed by atoms with Gasteiger partial charge in [-0.1, -0.05) is 23.8 Å². The number of hydrogen-bond donors (Lipinski definition) is 0. The number of aryl methyl sites for hydroxylation is 2. The van der Waals surface area contributed by atoms with E-state index in [-0.39, 0.29) is 5.43 Å². The van der Waals surface area contributed by atoms with Crippen molar-refractivity contribution < 1.29 is 4.42 Å². The lowest BCUT2D eigenvalue weighted by atomic mass is 10.1. The molecule has 2 heterocycles. The van der Waals surface area contributed by atoms with Crippen molar-refractivity contribution in [3.63, 3.8) is 0 Å². The van der Waals surface area contributed by atoms with Crippen molar-refractivity contribution in [1.29, 1.82) is 0 Å². The van der Waals surface area contributed by atoms with Gasteiger partial charge in [0.25, 0.3) is 0 Å². The molecule has 1 aliphatic rings. The average Bonchev–Trinajstić information content (AvgIpc) is 2.56. The van der Waals surface area contributed by atoms with Crippen LogP contribution < -0.4 is 5.43 Å². The SMILES string of the molecule is Cc1ccc2oc(C)c(C3=Nc4ccccc4SC3)c(=O)c2c1. The summed E-state index contributed by atoms with van der Waals surface area (Å²) in [5.74, 6) is 1.31. The van der Waals surface area contributed by atoms with Crippen LogP contribution in [0.3, 0.4) is 0 Å². The highest BCUT2D eigenvalue weighted by Gasteiger charge is 2.20. The second kappa shape index (κ2) is 5.39. The molecule has 1 aromatic heterocycles. The summed E-state index contributed by atoms with van der Waals surface area (Å²) in [6.07, 6.45) is 0. The molecule has 23 heavy (non-hydrogen) atoms. The van der Waals surface area contributed by atoms with Crippen LogP contribution in [0.15, 0.2) is 61.6 Å². The maximum Gasteiger partial charge on any atom is 0.202 e. The third kappa shape index (κ3) is 2.39. The molecule has 0 radical (unpaired) electrons. The Morgan fingerprint density at radius 3 is 2.83 bits per heavy atom. The standard InChI is InChI=1S/C19H15NO2S/c1-11-7-8-16-13(9-11)19(21)18(12(2)22-16)15-10-23-17-6-4-3-5-14(17)20-15/h3-9H,10H2,1-2H3. The largest absolute Gasteiger partial charge is 0.460 e. The summed E-state index contributed by atoms with van der Waals surface area (Å²) in [5.41, 5.74) is 4.00. The van der Waals surface area contributed by atoms with Crippen molar-refractivity contribution in [1.82, 2.24) is 0 Å². The van der Waals surface area contributed by atoms with Crippen LogP contribution in [0.25, 0.3) is 11.0 Å². The Balaban J connectivity index is 1.97. The van der Waals surface area contributed by atoms with Crippen molar-refractivity contribution in [3.8, 4) is 0 Å². The minimum Gasteiger partial charge on any atom is -0.460 e. The molecule has 0 aliphatic carbocycles. The molecule has 1 aliphatic heterocycles. The third-order valence-electron chi connectivity index (χ3n) is 4.00. The lowest BCUT2D eigenvalue weighted by molar-refractivity contribution is 0.563. The van der Waals surface area contributed by atoms with Gasteiger partial charge in [-0.15, -0.1) is 11.8 Å². The first-order chi connectivity index (χ1) is 11.1. The Bertz CT molecular complexity index is 1020. The molecule has 3 aromatic rings. The predicted octanol–water partition coefficient (Wildman–Crippen LogP) is 4.64. The van der Waals surface area contributed by atoms with E-state index in [1.807, 2.05) is 50.2 Å². The number of fused-ring (bicyclic) bond motifs is 2. The molecule has 3 nitrogen and oxygen atoms in total. The van der Waals surface area contributed by atoms with Gasteiger partial charge < -0.3 is 4.42 Å². The summed E-state index contributed by atoms with van der Waals surface area (Å²) in [4.78, 5) is 18.8. The van der Waals surface area contributed by atoms with Crippen molar-refractivity contribution in [2.24, 2.45) is 4.99 Å². The van der Waals surface area contributed by atoms with E-state index in [9.17, 15) is 4.79 Å². The molecule has 0 spiro atoms. The Labute approximate surface area is 138 Å². The van der Waals surface area contributed by atoms with E-state index in [0.29, 0.717) is 28.0 Å². The zero-order valence-corrected chi connectivity index (χ0v) is 13.7. The smallest absolute Gasteiger partial charge is 0.202 e. The molecule has 0 saturated heterocycles. The first-order valence-corrected chi connectivity index (χ1v) is 8.46. The maximum absolute atomic E-state index is 13.0. The van der Waals surface area contributed by atoms with E-state index in [0.717, 1.165) is 21.9 Å². The Morgan fingerprint density at radius 2 is 1.96 bits per heavy atom. The van der Waals surface area contributed by atoms with Crippen molar-refractivity contribution >= 4 is 34.1 Å². The summed E-state index contributed by atoms with van der Waals surface area (Å²) in [7, 11) is 0. The van der Waals surface area contributed by atoms with Gasteiger partial charge in [0.15, 0.2) is 0 Å². The van der Waals surface area contributed by atoms with Crippen LogP contribution in [-0.2, 0) is 0 Å². The van der Waals surface area contributed by atoms with Gasteiger partial charge >= 0.3 is 0 Å². The first kappa shape index (κ1) is 14.3. The number of benzene rings is 2. The van der Waals surface area contributed by atoms with Gasteiger partial charge in [0.05, 0.1) is 22.3 Å². The summed E-state index contributed by atoms with van der Waals surface area (Å²) in [6, 6.07) is 13.7. The molecule has 0 unspecified atom stereocenters. The van der Waals surface area contributed by atoms with Gasteiger partial charge in [0.2, 0.25) is 5.43 Å². The van der Waals surface area contributed by atoms with Gasteiger partial charge in [-0.3, -0.25) is 9.79 Å². The molecule has 0 amide bonds. The van der Waals surface area contributed by atoms with Gasteiger partial charge in [0, 0.05) is 10.6 Å². The number of thioether (sulfide) groups is 1. The topological polar surface area (TPSA) is 42.6 Å². The van der Waals surface area contributed by atoms with Gasteiger partial charge in [-0.05, 0) is 38.1 Å². The minimum atomic E-state index is 0.00572. The molecular formula is C19H15NO2S. The van der Waals surface area contributed by atoms with E-state index >= 15 is 0 Å². The van der Waals surface area contributed by atoms with E-state index in [1.54, 1.807) is 11.8 Å². The van der Waals surface area contributed by atoms with E-state index in [2.05, 4.69) is 6.07 Å². The highest BCUT2D eigenvalue weighted by atomic mass is 32.2. The van der Waals surface area contributed by atoms with Crippen LogP contribution >= 0.6 is 11.8 Å². The second-order valence-electron chi connectivity index (χ2n) is 5.68. The van der Waals surface area contributed by atoms with Crippen molar-refractivity contribution in [2.75, 3.05) is 5.75 Å². The molecular weight excluding hydrogens is 306 g/mol. The van der Waals surface area contributed by atoms with E-state index in [1.165, 1.54) is 0 Å². The van der Waals surface area contributed by atoms with Crippen LogP contribution in [-0.4, -0.2) is 11.5 Å². The lowest BCUT2D eigenvalue weighted by Crippen LogP contribution is -2.20. The Hall–Kier alpha value is -2.33. The van der Waals surface area contributed by atoms with Crippen molar-refractivity contribution in [3.05, 3.63) is 69.6 Å². The minimum absolute atomic E-state index is 0.00572. The van der Waals surface area contributed by atoms with Crippen LogP contribution in [0.1, 0.15) is 16.9 Å². The van der Waals surface area contributed by atoms with Gasteiger partial charge in [-0.25, -0.2) is 0 Å². The maximum atomic E-state index is 13.0. The molecule has 0 N–H and O–H groups in total. The Kier molecular flexibility index (Phi) is 3.34. The summed E-state index contributed by atoms with van der Waals surface area (Å²) >= 11 is 1.71.